The summed E-state index contributed by atoms with van der Waals surface area (Å²) in [7, 11) is 4.49. The zero-order valence-corrected chi connectivity index (χ0v) is 15.7. The van der Waals surface area contributed by atoms with E-state index >= 15 is 0 Å². The van der Waals surface area contributed by atoms with Gasteiger partial charge in [-0.25, -0.2) is 9.59 Å². The Morgan fingerprint density at radius 1 is 1.08 bits per heavy atom. The number of halogens is 1. The number of carbonyl (C=O) groups is 2. The van der Waals surface area contributed by atoms with Crippen LogP contribution >= 0.6 is 11.6 Å². The van der Waals surface area contributed by atoms with Crippen molar-refractivity contribution in [3.05, 3.63) is 64.2 Å². The minimum atomic E-state index is -0.491. The molecule has 1 N–H and O–H groups in total. The second kappa shape index (κ2) is 9.10. The van der Waals surface area contributed by atoms with Crippen molar-refractivity contribution >= 4 is 23.6 Å². The molecule has 0 aliphatic rings. The maximum absolute atomic E-state index is 12.3. The van der Waals surface area contributed by atoms with Gasteiger partial charge in [0.1, 0.15) is 11.3 Å². The highest BCUT2D eigenvalue weighted by atomic mass is 35.5. The molecular formula is C19H21ClN2O4. The Kier molecular flexibility index (Phi) is 6.86. The van der Waals surface area contributed by atoms with E-state index in [1.807, 2.05) is 12.1 Å². The number of amides is 2. The fourth-order valence-electron chi connectivity index (χ4n) is 2.38. The average Bonchev–Trinajstić information content (AvgIpc) is 2.66. The van der Waals surface area contributed by atoms with Crippen LogP contribution < -0.4 is 10.1 Å². The fourth-order valence-corrected chi connectivity index (χ4v) is 2.51. The summed E-state index contributed by atoms with van der Waals surface area (Å²) < 4.78 is 9.90. The summed E-state index contributed by atoms with van der Waals surface area (Å²) in [6.07, 6.45) is 0. The first-order chi connectivity index (χ1) is 12.4. The van der Waals surface area contributed by atoms with Crippen LogP contribution in [0.1, 0.15) is 21.5 Å². The standard InChI is InChI=1S/C19H21ClN2O4/c1-22(12-13-4-7-15(20)8-5-13)19(24)21-11-14-6-9-17(25-2)16(10-14)18(23)26-3/h4-10H,11-12H2,1-3H3,(H,21,24). The predicted octanol–water partition coefficient (Wildman–Crippen LogP) is 3.48. The molecule has 2 aromatic rings. The van der Waals surface area contributed by atoms with E-state index in [9.17, 15) is 9.59 Å². The second-order valence-electron chi connectivity index (χ2n) is 5.67. The first kappa shape index (κ1) is 19.6. The van der Waals surface area contributed by atoms with Gasteiger partial charge in [0.25, 0.3) is 0 Å². The number of rotatable bonds is 6. The van der Waals surface area contributed by atoms with Gasteiger partial charge < -0.3 is 19.7 Å². The molecule has 2 amide bonds. The summed E-state index contributed by atoms with van der Waals surface area (Å²) in [5.41, 5.74) is 2.06. The molecule has 0 spiro atoms. The van der Waals surface area contributed by atoms with Gasteiger partial charge in [0.15, 0.2) is 0 Å². The summed E-state index contributed by atoms with van der Waals surface area (Å²) in [5, 5.41) is 3.47. The van der Waals surface area contributed by atoms with Gasteiger partial charge in [0.2, 0.25) is 0 Å². The number of methoxy groups -OCH3 is 2. The van der Waals surface area contributed by atoms with Gasteiger partial charge in [-0.2, -0.15) is 0 Å². The molecular weight excluding hydrogens is 356 g/mol. The molecule has 0 saturated carbocycles. The van der Waals surface area contributed by atoms with Gasteiger partial charge in [0, 0.05) is 25.2 Å². The summed E-state index contributed by atoms with van der Waals surface area (Å²) in [6.45, 7) is 0.733. The molecule has 0 aromatic heterocycles. The number of nitrogens with one attached hydrogen (secondary N) is 1. The van der Waals surface area contributed by atoms with E-state index in [0.29, 0.717) is 22.9 Å². The van der Waals surface area contributed by atoms with Gasteiger partial charge in [-0.15, -0.1) is 0 Å². The highest BCUT2D eigenvalue weighted by molar-refractivity contribution is 6.30. The van der Waals surface area contributed by atoms with Gasteiger partial charge in [-0.05, 0) is 35.4 Å². The van der Waals surface area contributed by atoms with Gasteiger partial charge in [-0.1, -0.05) is 29.8 Å². The Hall–Kier alpha value is -2.73. The first-order valence-electron chi connectivity index (χ1n) is 7.93. The maximum Gasteiger partial charge on any atom is 0.341 e. The van der Waals surface area contributed by atoms with Gasteiger partial charge in [-0.3, -0.25) is 0 Å². The number of hydrogen-bond acceptors (Lipinski definition) is 4. The fraction of sp³-hybridized carbons (Fsp3) is 0.263. The monoisotopic (exact) mass is 376 g/mol. The third kappa shape index (κ3) is 5.13. The maximum atomic E-state index is 12.3. The van der Waals surface area contributed by atoms with Crippen LogP contribution in [-0.2, 0) is 17.8 Å². The largest absolute Gasteiger partial charge is 0.496 e. The van der Waals surface area contributed by atoms with Crippen LogP contribution in [0.3, 0.4) is 0 Å². The molecule has 138 valence electrons. The number of benzene rings is 2. The Balaban J connectivity index is 1.97. The molecule has 7 heteroatoms. The topological polar surface area (TPSA) is 67.9 Å². The lowest BCUT2D eigenvalue weighted by Crippen LogP contribution is -2.36. The molecule has 0 atom stereocenters. The van der Waals surface area contributed by atoms with E-state index in [4.69, 9.17) is 21.1 Å². The van der Waals surface area contributed by atoms with Crippen LogP contribution in [0.2, 0.25) is 5.02 Å². The summed E-state index contributed by atoms with van der Waals surface area (Å²) in [5.74, 6) is -0.0679. The van der Waals surface area contributed by atoms with E-state index in [1.54, 1.807) is 42.3 Å². The van der Waals surface area contributed by atoms with E-state index in [-0.39, 0.29) is 12.6 Å². The number of ether oxygens (including phenoxy) is 2. The molecule has 0 bridgehead atoms. The van der Waals surface area contributed by atoms with Crippen molar-refractivity contribution < 1.29 is 19.1 Å². The minimum Gasteiger partial charge on any atom is -0.496 e. The van der Waals surface area contributed by atoms with Crippen LogP contribution in [0.5, 0.6) is 5.75 Å². The van der Waals surface area contributed by atoms with Crippen LogP contribution in [0.15, 0.2) is 42.5 Å². The molecule has 0 heterocycles. The van der Waals surface area contributed by atoms with Crippen molar-refractivity contribution in [3.63, 3.8) is 0 Å². The lowest BCUT2D eigenvalue weighted by molar-refractivity contribution is 0.0597. The minimum absolute atomic E-state index is 0.226. The molecule has 0 saturated heterocycles. The van der Waals surface area contributed by atoms with Crippen LogP contribution in [-0.4, -0.2) is 38.2 Å². The number of urea groups is 1. The highest BCUT2D eigenvalue weighted by Gasteiger charge is 2.14. The quantitative estimate of drug-likeness (QED) is 0.784. The molecule has 2 aromatic carbocycles. The molecule has 0 aliphatic heterocycles. The molecule has 2 rings (SSSR count). The van der Waals surface area contributed by atoms with Crippen molar-refractivity contribution in [3.8, 4) is 5.75 Å². The Morgan fingerprint density at radius 2 is 1.73 bits per heavy atom. The van der Waals surface area contributed by atoms with Crippen molar-refractivity contribution in [1.29, 1.82) is 0 Å². The van der Waals surface area contributed by atoms with Crippen molar-refractivity contribution in [2.45, 2.75) is 13.1 Å². The van der Waals surface area contributed by atoms with Gasteiger partial charge in [0.05, 0.1) is 14.2 Å². The SMILES string of the molecule is COC(=O)c1cc(CNC(=O)N(C)Cc2ccc(Cl)cc2)ccc1OC. The zero-order valence-electron chi connectivity index (χ0n) is 14.9. The lowest BCUT2D eigenvalue weighted by atomic mass is 10.1. The lowest BCUT2D eigenvalue weighted by Gasteiger charge is -2.18. The van der Waals surface area contributed by atoms with Crippen LogP contribution in [0.4, 0.5) is 4.79 Å². The van der Waals surface area contributed by atoms with Crippen molar-refractivity contribution in [2.24, 2.45) is 0 Å². The first-order valence-corrected chi connectivity index (χ1v) is 8.31. The third-order valence-electron chi connectivity index (χ3n) is 3.79. The second-order valence-corrected chi connectivity index (χ2v) is 6.10. The van der Waals surface area contributed by atoms with Crippen molar-refractivity contribution in [1.82, 2.24) is 10.2 Å². The molecule has 26 heavy (non-hydrogen) atoms. The summed E-state index contributed by atoms with van der Waals surface area (Å²) in [4.78, 5) is 25.6. The highest BCUT2D eigenvalue weighted by Crippen LogP contribution is 2.20. The number of nitrogens with zero attached hydrogens (tertiary/aromatic N) is 1. The Labute approximate surface area is 157 Å². The third-order valence-corrected chi connectivity index (χ3v) is 4.04. The van der Waals surface area contributed by atoms with E-state index in [1.165, 1.54) is 14.2 Å². The number of esters is 1. The molecule has 6 nitrogen and oxygen atoms in total. The van der Waals surface area contributed by atoms with Gasteiger partial charge >= 0.3 is 12.0 Å². The smallest absolute Gasteiger partial charge is 0.341 e. The molecule has 0 aliphatic carbocycles. The summed E-state index contributed by atoms with van der Waals surface area (Å²) in [6, 6.07) is 12.2. The van der Waals surface area contributed by atoms with Crippen molar-refractivity contribution in [2.75, 3.05) is 21.3 Å². The molecule has 0 radical (unpaired) electrons. The normalized spacial score (nSPS) is 10.2. The van der Waals surface area contributed by atoms with E-state index in [0.717, 1.165) is 11.1 Å². The predicted molar refractivity (Wildman–Crippen MR) is 99.5 cm³/mol. The molecule has 0 unspecified atom stereocenters. The number of hydrogen-bond donors (Lipinski definition) is 1. The Bertz CT molecular complexity index is 778. The average molecular weight is 377 g/mol. The van der Waals surface area contributed by atoms with E-state index in [2.05, 4.69) is 5.32 Å². The van der Waals surface area contributed by atoms with Crippen LogP contribution in [0, 0.1) is 0 Å². The Morgan fingerprint density at radius 3 is 2.35 bits per heavy atom. The van der Waals surface area contributed by atoms with E-state index < -0.39 is 5.97 Å². The number of carbonyl (C=O) groups excluding carboxylic acids is 2. The summed E-state index contributed by atoms with van der Waals surface area (Å²) >= 11 is 5.86. The van der Waals surface area contributed by atoms with Crippen LogP contribution in [0.25, 0.3) is 0 Å². The zero-order chi connectivity index (χ0) is 19.1. The molecule has 0 fully saturated rings.